The minimum absolute atomic E-state index is 0.0620. The normalized spacial score (nSPS) is 22.1. The van der Waals surface area contributed by atoms with E-state index in [4.69, 9.17) is 4.74 Å². The molecule has 20 heavy (non-hydrogen) atoms. The summed E-state index contributed by atoms with van der Waals surface area (Å²) in [4.78, 5) is 23.4. The van der Waals surface area contributed by atoms with Crippen LogP contribution >= 0.6 is 0 Å². The van der Waals surface area contributed by atoms with Gasteiger partial charge >= 0.3 is 6.09 Å². The zero-order chi connectivity index (χ0) is 14.4. The molecule has 1 N–H and O–H groups in total. The molecular formula is C16H21NO3. The Morgan fingerprint density at radius 1 is 1.20 bits per heavy atom. The van der Waals surface area contributed by atoms with Crippen LogP contribution in [0.5, 0.6) is 0 Å². The quantitative estimate of drug-likeness (QED) is 0.918. The zero-order valence-electron chi connectivity index (χ0n) is 11.8. The van der Waals surface area contributed by atoms with E-state index in [1.807, 2.05) is 30.3 Å². The highest BCUT2D eigenvalue weighted by atomic mass is 16.5. The van der Waals surface area contributed by atoms with Gasteiger partial charge in [0, 0.05) is 12.0 Å². The number of hydrogen-bond acceptors (Lipinski definition) is 3. The Balaban J connectivity index is 1.82. The van der Waals surface area contributed by atoms with Crippen molar-refractivity contribution in [1.82, 2.24) is 5.32 Å². The molecule has 0 aromatic heterocycles. The van der Waals surface area contributed by atoms with Gasteiger partial charge in [-0.25, -0.2) is 4.79 Å². The maximum Gasteiger partial charge on any atom is 0.407 e. The second-order valence-electron chi connectivity index (χ2n) is 5.31. The van der Waals surface area contributed by atoms with Crippen LogP contribution in [0.4, 0.5) is 4.79 Å². The van der Waals surface area contributed by atoms with Crippen LogP contribution in [0.2, 0.25) is 0 Å². The first-order valence-corrected chi connectivity index (χ1v) is 7.14. The minimum atomic E-state index is -0.438. The standard InChI is InChI=1S/C16H21NO3/c1-12(18)14-9-5-6-10-15(14)17-16(19)20-11-13-7-3-2-4-8-13/h2-4,7-8,14-15H,5-6,9-11H2,1H3,(H,17,19). The Morgan fingerprint density at radius 3 is 2.60 bits per heavy atom. The fourth-order valence-corrected chi connectivity index (χ4v) is 2.71. The smallest absolute Gasteiger partial charge is 0.407 e. The lowest BCUT2D eigenvalue weighted by atomic mass is 9.82. The zero-order valence-corrected chi connectivity index (χ0v) is 11.8. The first-order valence-electron chi connectivity index (χ1n) is 7.14. The molecule has 1 aliphatic carbocycles. The summed E-state index contributed by atoms with van der Waals surface area (Å²) in [6.45, 7) is 1.85. The number of hydrogen-bond donors (Lipinski definition) is 1. The molecule has 2 rings (SSSR count). The van der Waals surface area contributed by atoms with E-state index in [1.54, 1.807) is 6.92 Å². The number of Topliss-reactive ketones (excluding diaryl/α,β-unsaturated/α-hetero) is 1. The fraction of sp³-hybridized carbons (Fsp3) is 0.500. The Kier molecular flexibility index (Phi) is 5.16. The van der Waals surface area contributed by atoms with Crippen LogP contribution in [-0.2, 0) is 16.1 Å². The third kappa shape index (κ3) is 4.08. The van der Waals surface area contributed by atoms with Crippen LogP contribution in [0.15, 0.2) is 30.3 Å². The van der Waals surface area contributed by atoms with Crippen LogP contribution < -0.4 is 5.32 Å². The summed E-state index contributed by atoms with van der Waals surface area (Å²) < 4.78 is 5.20. The summed E-state index contributed by atoms with van der Waals surface area (Å²) in [6, 6.07) is 9.47. The Hall–Kier alpha value is -1.84. The fourth-order valence-electron chi connectivity index (χ4n) is 2.71. The van der Waals surface area contributed by atoms with Gasteiger partial charge in [-0.3, -0.25) is 4.79 Å². The number of alkyl carbamates (subject to hydrolysis) is 1. The van der Waals surface area contributed by atoms with Crippen LogP contribution in [-0.4, -0.2) is 17.9 Å². The van der Waals surface area contributed by atoms with Crippen molar-refractivity contribution >= 4 is 11.9 Å². The van der Waals surface area contributed by atoms with Gasteiger partial charge in [-0.15, -0.1) is 0 Å². The van der Waals surface area contributed by atoms with Gasteiger partial charge in [0.2, 0.25) is 0 Å². The molecule has 108 valence electrons. The van der Waals surface area contributed by atoms with Gasteiger partial charge in [-0.1, -0.05) is 43.2 Å². The number of carbonyl (C=O) groups excluding carboxylic acids is 2. The van der Waals surface area contributed by atoms with E-state index in [-0.39, 0.29) is 24.3 Å². The molecular weight excluding hydrogens is 254 g/mol. The van der Waals surface area contributed by atoms with Crippen molar-refractivity contribution < 1.29 is 14.3 Å². The number of nitrogens with one attached hydrogen (secondary N) is 1. The minimum Gasteiger partial charge on any atom is -0.445 e. The molecule has 1 fully saturated rings. The highest BCUT2D eigenvalue weighted by Gasteiger charge is 2.29. The first kappa shape index (κ1) is 14.6. The molecule has 4 heteroatoms. The Bertz CT molecular complexity index is 458. The average Bonchev–Trinajstić information content (AvgIpc) is 2.46. The van der Waals surface area contributed by atoms with E-state index in [2.05, 4.69) is 5.32 Å². The molecule has 2 unspecified atom stereocenters. The third-order valence-corrected chi connectivity index (χ3v) is 3.80. The maximum absolute atomic E-state index is 11.8. The van der Waals surface area contributed by atoms with Crippen molar-refractivity contribution in [2.75, 3.05) is 0 Å². The first-order chi connectivity index (χ1) is 9.66. The van der Waals surface area contributed by atoms with E-state index in [1.165, 1.54) is 0 Å². The molecule has 2 atom stereocenters. The summed E-state index contributed by atoms with van der Waals surface area (Å²) >= 11 is 0. The number of benzene rings is 1. The predicted molar refractivity (Wildman–Crippen MR) is 76.2 cm³/mol. The van der Waals surface area contributed by atoms with Crippen LogP contribution in [0, 0.1) is 5.92 Å². The predicted octanol–water partition coefficient (Wildman–Crippen LogP) is 3.06. The van der Waals surface area contributed by atoms with Crippen LogP contribution in [0.25, 0.3) is 0 Å². The molecule has 1 saturated carbocycles. The third-order valence-electron chi connectivity index (χ3n) is 3.80. The Morgan fingerprint density at radius 2 is 1.90 bits per heavy atom. The van der Waals surface area contributed by atoms with Gasteiger partial charge < -0.3 is 10.1 Å². The molecule has 0 heterocycles. The molecule has 0 spiro atoms. The molecule has 1 aromatic rings. The molecule has 0 aliphatic heterocycles. The number of ether oxygens (including phenoxy) is 1. The second-order valence-corrected chi connectivity index (χ2v) is 5.31. The maximum atomic E-state index is 11.8. The lowest BCUT2D eigenvalue weighted by Gasteiger charge is -2.30. The SMILES string of the molecule is CC(=O)C1CCCCC1NC(=O)OCc1ccccc1. The van der Waals surface area contributed by atoms with Gasteiger partial charge in [-0.05, 0) is 25.3 Å². The lowest BCUT2D eigenvalue weighted by Crippen LogP contribution is -2.44. The van der Waals surface area contributed by atoms with E-state index >= 15 is 0 Å². The lowest BCUT2D eigenvalue weighted by molar-refractivity contribution is -0.122. The summed E-state index contributed by atoms with van der Waals surface area (Å²) in [5.41, 5.74) is 0.953. The van der Waals surface area contributed by atoms with E-state index in [0.717, 1.165) is 31.2 Å². The Labute approximate surface area is 119 Å². The number of carbonyl (C=O) groups is 2. The topological polar surface area (TPSA) is 55.4 Å². The van der Waals surface area contributed by atoms with Gasteiger partial charge in [0.15, 0.2) is 0 Å². The van der Waals surface area contributed by atoms with Crippen molar-refractivity contribution in [3.05, 3.63) is 35.9 Å². The van der Waals surface area contributed by atoms with Gasteiger partial charge in [0.05, 0.1) is 0 Å². The molecule has 0 saturated heterocycles. The second kappa shape index (κ2) is 7.08. The summed E-state index contributed by atoms with van der Waals surface area (Å²) in [6.07, 6.45) is 3.38. The summed E-state index contributed by atoms with van der Waals surface area (Å²) in [7, 11) is 0. The monoisotopic (exact) mass is 275 g/mol. The number of ketones is 1. The summed E-state index contributed by atoms with van der Waals surface area (Å²) in [5, 5.41) is 2.84. The van der Waals surface area contributed by atoms with E-state index in [9.17, 15) is 9.59 Å². The molecule has 0 bridgehead atoms. The van der Waals surface area contributed by atoms with Gasteiger partial charge in [0.1, 0.15) is 12.4 Å². The molecule has 1 amide bonds. The van der Waals surface area contributed by atoms with Crippen molar-refractivity contribution in [2.24, 2.45) is 5.92 Å². The molecule has 1 aromatic carbocycles. The molecule has 0 radical (unpaired) electrons. The van der Waals surface area contributed by atoms with Crippen molar-refractivity contribution in [3.8, 4) is 0 Å². The van der Waals surface area contributed by atoms with Crippen LogP contribution in [0.1, 0.15) is 38.2 Å². The molecule has 4 nitrogen and oxygen atoms in total. The van der Waals surface area contributed by atoms with Gasteiger partial charge in [-0.2, -0.15) is 0 Å². The highest BCUT2D eigenvalue weighted by Crippen LogP contribution is 2.25. The highest BCUT2D eigenvalue weighted by molar-refractivity contribution is 5.80. The number of rotatable bonds is 4. The van der Waals surface area contributed by atoms with Gasteiger partial charge in [0.25, 0.3) is 0 Å². The van der Waals surface area contributed by atoms with E-state index < -0.39 is 6.09 Å². The largest absolute Gasteiger partial charge is 0.445 e. The summed E-state index contributed by atoms with van der Waals surface area (Å²) in [5.74, 6) is 0.0890. The van der Waals surface area contributed by atoms with Crippen molar-refractivity contribution in [3.63, 3.8) is 0 Å². The van der Waals surface area contributed by atoms with E-state index in [0.29, 0.717) is 0 Å². The molecule has 1 aliphatic rings. The average molecular weight is 275 g/mol. The van der Waals surface area contributed by atoms with Crippen molar-refractivity contribution in [1.29, 1.82) is 0 Å². The van der Waals surface area contributed by atoms with Crippen LogP contribution in [0.3, 0.4) is 0 Å². The number of amides is 1. The van der Waals surface area contributed by atoms with Crippen molar-refractivity contribution in [2.45, 2.75) is 45.3 Å².